The molecule has 0 atom stereocenters. The van der Waals surface area contributed by atoms with Crippen LogP contribution in [0, 0.1) is 0 Å². The van der Waals surface area contributed by atoms with Crippen molar-refractivity contribution in [1.29, 1.82) is 0 Å². The zero-order chi connectivity index (χ0) is 13.1. The van der Waals surface area contributed by atoms with E-state index in [1.165, 1.54) is 18.2 Å². The van der Waals surface area contributed by atoms with E-state index in [2.05, 4.69) is 20.7 Å². The first kappa shape index (κ1) is 14.3. The van der Waals surface area contributed by atoms with E-state index in [4.69, 9.17) is 4.74 Å². The van der Waals surface area contributed by atoms with Crippen LogP contribution < -0.4 is 4.74 Å². The summed E-state index contributed by atoms with van der Waals surface area (Å²) in [6, 6.07) is 4.07. The molecule has 0 spiro atoms. The Bertz CT molecular complexity index is 377. The Morgan fingerprint density at radius 1 is 1.29 bits per heavy atom. The Labute approximate surface area is 106 Å². The van der Waals surface area contributed by atoms with Gasteiger partial charge in [0.1, 0.15) is 5.75 Å². The monoisotopic (exact) mass is 312 g/mol. The maximum absolute atomic E-state index is 12.0. The minimum absolute atomic E-state index is 0.0630. The molecule has 0 aliphatic carbocycles. The molecule has 0 fully saturated rings. The summed E-state index contributed by atoms with van der Waals surface area (Å²) in [5, 5.41) is 0. The van der Waals surface area contributed by atoms with Crippen molar-refractivity contribution in [1.82, 2.24) is 0 Å². The van der Waals surface area contributed by atoms with E-state index in [9.17, 15) is 13.2 Å². The molecule has 0 saturated carbocycles. The first-order valence-electron chi connectivity index (χ1n) is 4.93. The zero-order valence-electron chi connectivity index (χ0n) is 9.34. The molecule has 0 unspecified atom stereocenters. The number of hydrogen-bond donors (Lipinski definition) is 0. The minimum Gasteiger partial charge on any atom is -0.406 e. The molecule has 6 heteroatoms. The first-order valence-corrected chi connectivity index (χ1v) is 5.73. The molecule has 0 saturated heterocycles. The minimum atomic E-state index is -4.67. The number of rotatable bonds is 4. The van der Waals surface area contributed by atoms with E-state index in [0.717, 1.165) is 5.56 Å². The van der Waals surface area contributed by atoms with Gasteiger partial charge in [0.15, 0.2) is 0 Å². The second-order valence-corrected chi connectivity index (χ2v) is 4.52. The predicted molar refractivity (Wildman–Crippen MR) is 60.8 cm³/mol. The van der Waals surface area contributed by atoms with Crippen molar-refractivity contribution in [2.45, 2.75) is 32.9 Å². The molecule has 1 aromatic rings. The molecular formula is C11H12BrF3O2. The second-order valence-electron chi connectivity index (χ2n) is 3.66. The van der Waals surface area contributed by atoms with Gasteiger partial charge in [-0.3, -0.25) is 0 Å². The van der Waals surface area contributed by atoms with Gasteiger partial charge in [0.2, 0.25) is 0 Å². The molecule has 0 aliphatic heterocycles. The van der Waals surface area contributed by atoms with Crippen LogP contribution in [0.25, 0.3) is 0 Å². The van der Waals surface area contributed by atoms with E-state index in [-0.39, 0.29) is 11.9 Å². The number of ether oxygens (including phenoxy) is 2. The molecule has 0 heterocycles. The Balaban J connectivity index is 2.72. The molecule has 2 nitrogen and oxygen atoms in total. The Morgan fingerprint density at radius 3 is 2.41 bits per heavy atom. The van der Waals surface area contributed by atoms with Crippen LogP contribution in [0.2, 0.25) is 0 Å². The lowest BCUT2D eigenvalue weighted by Gasteiger charge is -2.12. The van der Waals surface area contributed by atoms with Gasteiger partial charge in [0.25, 0.3) is 0 Å². The van der Waals surface area contributed by atoms with Crippen LogP contribution in [0.1, 0.15) is 19.4 Å². The van der Waals surface area contributed by atoms with Crippen LogP contribution in [0.3, 0.4) is 0 Å². The molecular weight excluding hydrogens is 301 g/mol. The van der Waals surface area contributed by atoms with Gasteiger partial charge in [-0.25, -0.2) is 0 Å². The van der Waals surface area contributed by atoms with Gasteiger partial charge in [-0.15, -0.1) is 13.2 Å². The van der Waals surface area contributed by atoms with Gasteiger partial charge in [0.05, 0.1) is 12.7 Å². The van der Waals surface area contributed by atoms with Crippen LogP contribution in [-0.4, -0.2) is 12.5 Å². The number of halogens is 4. The van der Waals surface area contributed by atoms with Crippen molar-refractivity contribution in [3.8, 4) is 5.75 Å². The maximum Gasteiger partial charge on any atom is 0.573 e. The highest BCUT2D eigenvalue weighted by Crippen LogP contribution is 2.28. The summed E-state index contributed by atoms with van der Waals surface area (Å²) in [7, 11) is 0. The third kappa shape index (κ3) is 5.41. The molecule has 0 aliphatic rings. The fraction of sp³-hybridized carbons (Fsp3) is 0.455. The van der Waals surface area contributed by atoms with Crippen molar-refractivity contribution in [3.63, 3.8) is 0 Å². The summed E-state index contributed by atoms with van der Waals surface area (Å²) < 4.78 is 45.6. The van der Waals surface area contributed by atoms with Gasteiger partial charge in [-0.1, -0.05) is 22.0 Å². The standard InChI is InChI=1S/C11H12BrF3O2/c1-7(2)16-6-8-3-4-9(5-10(8)12)17-11(13,14)15/h3-5,7H,6H2,1-2H3. The molecule has 0 N–H and O–H groups in total. The van der Waals surface area contributed by atoms with Gasteiger partial charge < -0.3 is 9.47 Å². The smallest absolute Gasteiger partial charge is 0.406 e. The highest BCUT2D eigenvalue weighted by atomic mass is 79.9. The Hall–Kier alpha value is -0.750. The quantitative estimate of drug-likeness (QED) is 0.826. The van der Waals surface area contributed by atoms with Crippen LogP contribution in [0.5, 0.6) is 5.75 Å². The first-order chi connectivity index (χ1) is 7.78. The summed E-state index contributed by atoms with van der Waals surface area (Å²) in [6.45, 7) is 4.11. The third-order valence-corrected chi connectivity index (χ3v) is 2.57. The van der Waals surface area contributed by atoms with Gasteiger partial charge in [0, 0.05) is 4.47 Å². The van der Waals surface area contributed by atoms with Crippen molar-refractivity contribution in [2.24, 2.45) is 0 Å². The van der Waals surface area contributed by atoms with Crippen molar-refractivity contribution in [3.05, 3.63) is 28.2 Å². The Morgan fingerprint density at radius 2 is 1.94 bits per heavy atom. The van der Waals surface area contributed by atoms with Gasteiger partial charge >= 0.3 is 6.36 Å². The zero-order valence-corrected chi connectivity index (χ0v) is 10.9. The molecule has 17 heavy (non-hydrogen) atoms. The summed E-state index contributed by atoms with van der Waals surface area (Å²) in [6.07, 6.45) is -4.61. The molecule has 0 amide bonds. The molecule has 1 aromatic carbocycles. The van der Waals surface area contributed by atoms with E-state index in [0.29, 0.717) is 11.1 Å². The van der Waals surface area contributed by atoms with Crippen molar-refractivity contribution < 1.29 is 22.6 Å². The van der Waals surface area contributed by atoms with E-state index in [1.807, 2.05) is 13.8 Å². The molecule has 0 aromatic heterocycles. The molecule has 96 valence electrons. The van der Waals surface area contributed by atoms with Crippen LogP contribution in [0.15, 0.2) is 22.7 Å². The van der Waals surface area contributed by atoms with Gasteiger partial charge in [-0.2, -0.15) is 0 Å². The highest BCUT2D eigenvalue weighted by molar-refractivity contribution is 9.10. The largest absolute Gasteiger partial charge is 0.573 e. The summed E-state index contributed by atoms with van der Waals surface area (Å²) in [5.41, 5.74) is 0.772. The lowest BCUT2D eigenvalue weighted by Crippen LogP contribution is -2.17. The number of hydrogen-bond acceptors (Lipinski definition) is 2. The van der Waals surface area contributed by atoms with Crippen molar-refractivity contribution in [2.75, 3.05) is 0 Å². The molecule has 0 bridgehead atoms. The van der Waals surface area contributed by atoms with Crippen molar-refractivity contribution >= 4 is 15.9 Å². The normalized spacial score (nSPS) is 11.9. The number of alkyl halides is 3. The number of benzene rings is 1. The van der Waals surface area contributed by atoms with E-state index < -0.39 is 6.36 Å². The summed E-state index contributed by atoms with van der Waals surface area (Å²) in [4.78, 5) is 0. The Kier molecular flexibility index (Phi) is 4.82. The third-order valence-electron chi connectivity index (χ3n) is 1.83. The topological polar surface area (TPSA) is 18.5 Å². The van der Waals surface area contributed by atoms with E-state index in [1.54, 1.807) is 0 Å². The fourth-order valence-electron chi connectivity index (χ4n) is 1.10. The molecule has 0 radical (unpaired) electrons. The summed E-state index contributed by atoms with van der Waals surface area (Å²) >= 11 is 3.18. The van der Waals surface area contributed by atoms with E-state index >= 15 is 0 Å². The van der Waals surface area contributed by atoms with Crippen LogP contribution in [0.4, 0.5) is 13.2 Å². The summed E-state index contributed by atoms with van der Waals surface area (Å²) in [5.74, 6) is -0.252. The average Bonchev–Trinajstić information content (AvgIpc) is 2.13. The second kappa shape index (κ2) is 5.73. The SMILES string of the molecule is CC(C)OCc1ccc(OC(F)(F)F)cc1Br. The van der Waals surface area contributed by atoms with Gasteiger partial charge in [-0.05, 0) is 31.5 Å². The average molecular weight is 313 g/mol. The van der Waals surface area contributed by atoms with Crippen LogP contribution in [-0.2, 0) is 11.3 Å². The fourth-order valence-corrected chi connectivity index (χ4v) is 1.57. The highest BCUT2D eigenvalue weighted by Gasteiger charge is 2.31. The maximum atomic E-state index is 12.0. The lowest BCUT2D eigenvalue weighted by molar-refractivity contribution is -0.274. The molecule has 1 rings (SSSR count). The van der Waals surface area contributed by atoms with Crippen LogP contribution >= 0.6 is 15.9 Å². The lowest BCUT2D eigenvalue weighted by atomic mass is 10.2. The predicted octanol–water partition coefficient (Wildman–Crippen LogP) is 4.27.